The number of rotatable bonds is 17. The van der Waals surface area contributed by atoms with E-state index >= 15 is 0 Å². The van der Waals surface area contributed by atoms with Crippen LogP contribution in [0.5, 0.6) is 0 Å². The molecule has 5 heteroatoms. The van der Waals surface area contributed by atoms with Crippen LogP contribution in [-0.2, 0) is 14.8 Å². The van der Waals surface area contributed by atoms with Crippen molar-refractivity contribution in [1.82, 2.24) is 0 Å². The lowest BCUT2D eigenvalue weighted by Gasteiger charge is -2.30. The highest BCUT2D eigenvalue weighted by Gasteiger charge is 2.30. The number of nitrogens with two attached hydrogens (primary N) is 1. The van der Waals surface area contributed by atoms with E-state index < -0.39 is 10.0 Å². The number of primary sulfonamides is 1. The molecule has 0 fully saturated rings. The minimum absolute atomic E-state index is 0.0991. The summed E-state index contributed by atoms with van der Waals surface area (Å²) in [7, 11) is -3.41. The molecule has 0 atom stereocenters. The summed E-state index contributed by atoms with van der Waals surface area (Å²) in [6.45, 7) is 12.7. The molecule has 158 valence electrons. The second-order valence-corrected chi connectivity index (χ2v) is 9.72. The first-order chi connectivity index (χ1) is 12.2. The third-order valence-corrected chi connectivity index (χ3v) is 7.76. The third-order valence-electron chi connectivity index (χ3n) is 6.75. The first-order valence-corrected chi connectivity index (χ1v) is 12.5. The van der Waals surface area contributed by atoms with Crippen LogP contribution < -0.4 is 5.14 Å². The van der Waals surface area contributed by atoms with Gasteiger partial charge in [0.05, 0.1) is 5.75 Å². The van der Waals surface area contributed by atoms with Gasteiger partial charge in [-0.1, -0.05) is 66.7 Å². The molecule has 0 aliphatic carbocycles. The van der Waals surface area contributed by atoms with Crippen LogP contribution in [0.4, 0.5) is 0 Å². The van der Waals surface area contributed by atoms with Crippen LogP contribution in [0.2, 0.25) is 0 Å². The molecule has 0 amide bonds. The van der Waals surface area contributed by atoms with Gasteiger partial charge >= 0.3 is 0 Å². The van der Waals surface area contributed by atoms with Crippen molar-refractivity contribution < 1.29 is 13.2 Å². The molecular formula is C21H45NO3S. The van der Waals surface area contributed by atoms with Gasteiger partial charge in [0.15, 0.2) is 0 Å². The predicted octanol–water partition coefficient (Wildman–Crippen LogP) is 5.65. The van der Waals surface area contributed by atoms with Gasteiger partial charge in [0, 0.05) is 13.2 Å². The van der Waals surface area contributed by atoms with Gasteiger partial charge < -0.3 is 4.74 Å². The van der Waals surface area contributed by atoms with Gasteiger partial charge in [0.2, 0.25) is 10.0 Å². The number of ether oxygens (including phenoxy) is 1. The third kappa shape index (κ3) is 10.3. The Morgan fingerprint density at radius 1 is 0.692 bits per heavy atom. The van der Waals surface area contributed by atoms with E-state index in [-0.39, 0.29) is 11.2 Å². The number of hydrogen-bond donors (Lipinski definition) is 1. The fraction of sp³-hybridized carbons (Fsp3) is 1.00. The van der Waals surface area contributed by atoms with Gasteiger partial charge in [-0.05, 0) is 49.4 Å². The van der Waals surface area contributed by atoms with Crippen molar-refractivity contribution in [3.8, 4) is 0 Å². The first kappa shape index (κ1) is 25.9. The summed E-state index contributed by atoms with van der Waals surface area (Å²) >= 11 is 0. The summed E-state index contributed by atoms with van der Waals surface area (Å²) in [5.74, 6) is 0.0991. The SMILES string of the molecule is CCC(CC)(CC)CCCCOCCCCC(CC)(CC)CS(N)(=O)=O. The fourth-order valence-electron chi connectivity index (χ4n) is 4.10. The monoisotopic (exact) mass is 391 g/mol. The van der Waals surface area contributed by atoms with Crippen LogP contribution in [0.1, 0.15) is 105 Å². The number of hydrogen-bond acceptors (Lipinski definition) is 3. The summed E-state index contributed by atoms with van der Waals surface area (Å²) in [4.78, 5) is 0. The molecule has 0 heterocycles. The standard InChI is InChI=1S/C21H45NO3S/c1-6-20(7-2,8-3)15-11-13-17-25-18-14-12-16-21(9-4,10-5)19-26(22,23)24/h6-19H2,1-5H3,(H2,22,23,24). The van der Waals surface area contributed by atoms with Crippen molar-refractivity contribution >= 4 is 10.0 Å². The van der Waals surface area contributed by atoms with Crippen molar-refractivity contribution in [3.05, 3.63) is 0 Å². The van der Waals surface area contributed by atoms with Gasteiger partial charge in [-0.15, -0.1) is 0 Å². The lowest BCUT2D eigenvalue weighted by molar-refractivity contribution is 0.116. The average molecular weight is 392 g/mol. The molecular weight excluding hydrogens is 346 g/mol. The Labute approximate surface area is 163 Å². The van der Waals surface area contributed by atoms with E-state index in [9.17, 15) is 8.42 Å². The molecule has 0 rings (SSSR count). The molecule has 0 saturated heterocycles. The van der Waals surface area contributed by atoms with Gasteiger partial charge in [-0.2, -0.15) is 0 Å². The molecule has 0 saturated carbocycles. The summed E-state index contributed by atoms with van der Waals surface area (Å²) < 4.78 is 28.8. The molecule has 0 aliphatic rings. The Morgan fingerprint density at radius 3 is 1.42 bits per heavy atom. The molecule has 0 aromatic carbocycles. The van der Waals surface area contributed by atoms with Gasteiger partial charge in [-0.3, -0.25) is 0 Å². The lowest BCUT2D eigenvalue weighted by Crippen LogP contribution is -2.33. The summed E-state index contributed by atoms with van der Waals surface area (Å²) in [6, 6.07) is 0. The van der Waals surface area contributed by atoms with E-state index in [4.69, 9.17) is 9.88 Å². The van der Waals surface area contributed by atoms with Crippen molar-refractivity contribution in [1.29, 1.82) is 0 Å². The summed E-state index contributed by atoms with van der Waals surface area (Å²) in [6.07, 6.45) is 12.1. The Balaban J connectivity index is 3.93. The predicted molar refractivity (Wildman–Crippen MR) is 113 cm³/mol. The van der Waals surface area contributed by atoms with E-state index in [2.05, 4.69) is 34.6 Å². The maximum Gasteiger partial charge on any atom is 0.209 e. The van der Waals surface area contributed by atoms with Crippen LogP contribution in [0.15, 0.2) is 0 Å². The average Bonchev–Trinajstić information content (AvgIpc) is 2.62. The number of sulfonamides is 1. The Hall–Kier alpha value is -0.130. The van der Waals surface area contributed by atoms with Crippen LogP contribution in [0, 0.1) is 10.8 Å². The molecule has 2 N–H and O–H groups in total. The van der Waals surface area contributed by atoms with Crippen LogP contribution >= 0.6 is 0 Å². The minimum atomic E-state index is -3.41. The van der Waals surface area contributed by atoms with E-state index in [1.54, 1.807) is 0 Å². The number of unbranched alkanes of at least 4 members (excludes halogenated alkanes) is 2. The minimum Gasteiger partial charge on any atom is -0.381 e. The zero-order valence-electron chi connectivity index (χ0n) is 18.1. The van der Waals surface area contributed by atoms with E-state index in [0.29, 0.717) is 5.41 Å². The van der Waals surface area contributed by atoms with Gasteiger partial charge in [0.1, 0.15) is 0 Å². The van der Waals surface area contributed by atoms with Gasteiger partial charge in [0.25, 0.3) is 0 Å². The Morgan fingerprint density at radius 2 is 1.08 bits per heavy atom. The first-order valence-electron chi connectivity index (χ1n) is 10.8. The van der Waals surface area contributed by atoms with E-state index in [1.807, 2.05) is 0 Å². The fourth-order valence-corrected chi connectivity index (χ4v) is 5.50. The summed E-state index contributed by atoms with van der Waals surface area (Å²) in [5.41, 5.74) is 0.365. The molecule has 0 spiro atoms. The Kier molecular flexibility index (Phi) is 13.0. The van der Waals surface area contributed by atoms with E-state index in [1.165, 1.54) is 32.1 Å². The van der Waals surface area contributed by atoms with E-state index in [0.717, 1.165) is 51.7 Å². The highest BCUT2D eigenvalue weighted by atomic mass is 32.2. The molecule has 0 bridgehead atoms. The van der Waals surface area contributed by atoms with Crippen molar-refractivity contribution in [2.24, 2.45) is 16.0 Å². The second kappa shape index (κ2) is 13.1. The largest absolute Gasteiger partial charge is 0.381 e. The lowest BCUT2D eigenvalue weighted by atomic mass is 9.76. The normalized spacial score (nSPS) is 13.3. The topological polar surface area (TPSA) is 69.4 Å². The maximum atomic E-state index is 11.5. The van der Waals surface area contributed by atoms with Crippen molar-refractivity contribution in [2.45, 2.75) is 105 Å². The quantitative estimate of drug-likeness (QED) is 0.325. The second-order valence-electron chi connectivity index (χ2n) is 8.10. The highest BCUT2D eigenvalue weighted by Crippen LogP contribution is 2.36. The zero-order chi connectivity index (χ0) is 20.1. The highest BCUT2D eigenvalue weighted by molar-refractivity contribution is 7.89. The Bertz CT molecular complexity index is 432. The molecule has 0 radical (unpaired) electrons. The molecule has 0 aromatic heterocycles. The summed E-state index contributed by atoms with van der Waals surface area (Å²) in [5, 5.41) is 5.28. The molecule has 0 aliphatic heterocycles. The molecule has 0 aromatic rings. The zero-order valence-corrected chi connectivity index (χ0v) is 18.9. The van der Waals surface area contributed by atoms with Gasteiger partial charge in [-0.25, -0.2) is 13.6 Å². The smallest absolute Gasteiger partial charge is 0.209 e. The van der Waals surface area contributed by atoms with Crippen molar-refractivity contribution in [2.75, 3.05) is 19.0 Å². The molecule has 26 heavy (non-hydrogen) atoms. The molecule has 4 nitrogen and oxygen atoms in total. The van der Waals surface area contributed by atoms with Crippen molar-refractivity contribution in [3.63, 3.8) is 0 Å². The van der Waals surface area contributed by atoms with Crippen LogP contribution in [-0.4, -0.2) is 27.4 Å². The maximum absolute atomic E-state index is 11.5. The van der Waals surface area contributed by atoms with Crippen LogP contribution in [0.25, 0.3) is 0 Å². The molecule has 0 unspecified atom stereocenters. The van der Waals surface area contributed by atoms with Crippen LogP contribution in [0.3, 0.4) is 0 Å².